The Morgan fingerprint density at radius 1 is 1.30 bits per heavy atom. The van der Waals surface area contributed by atoms with Gasteiger partial charge in [0.1, 0.15) is 5.75 Å². The van der Waals surface area contributed by atoms with Gasteiger partial charge in [-0.05, 0) is 55.0 Å². The third kappa shape index (κ3) is 4.13. The molecule has 0 aromatic heterocycles. The number of ether oxygens (including phenoxy) is 1. The number of likely N-dealkylation sites (N-methyl/N-ethyl adjacent to an activating group) is 1. The van der Waals surface area contributed by atoms with Crippen molar-refractivity contribution in [1.82, 2.24) is 5.32 Å². The molecule has 112 valence electrons. The number of hydrogen-bond donors (Lipinski definition) is 1. The molecule has 1 heterocycles. The first kappa shape index (κ1) is 15.7. The van der Waals surface area contributed by atoms with Gasteiger partial charge in [-0.25, -0.2) is 0 Å². The van der Waals surface area contributed by atoms with Crippen LogP contribution in [0.3, 0.4) is 0 Å². The van der Waals surface area contributed by atoms with Gasteiger partial charge in [-0.2, -0.15) is 0 Å². The first-order valence-corrected chi connectivity index (χ1v) is 8.15. The van der Waals surface area contributed by atoms with Crippen molar-refractivity contribution < 1.29 is 4.74 Å². The SMILES string of the molecule is CCNC(CCC(C)C)Cc1cc(Cl)cc2c1OCC2. The van der Waals surface area contributed by atoms with Crippen LogP contribution in [0.25, 0.3) is 0 Å². The molecule has 1 aliphatic rings. The Kier molecular flexibility index (Phi) is 5.74. The molecule has 0 amide bonds. The Hall–Kier alpha value is -0.730. The van der Waals surface area contributed by atoms with E-state index < -0.39 is 0 Å². The molecule has 1 unspecified atom stereocenters. The van der Waals surface area contributed by atoms with E-state index >= 15 is 0 Å². The summed E-state index contributed by atoms with van der Waals surface area (Å²) in [4.78, 5) is 0. The summed E-state index contributed by atoms with van der Waals surface area (Å²) in [7, 11) is 0. The Labute approximate surface area is 127 Å². The summed E-state index contributed by atoms with van der Waals surface area (Å²) in [5.74, 6) is 1.83. The summed E-state index contributed by atoms with van der Waals surface area (Å²) in [5, 5.41) is 4.43. The summed E-state index contributed by atoms with van der Waals surface area (Å²) >= 11 is 6.24. The van der Waals surface area contributed by atoms with Crippen LogP contribution in [-0.2, 0) is 12.8 Å². The molecule has 0 radical (unpaired) electrons. The Balaban J connectivity index is 2.10. The van der Waals surface area contributed by atoms with Crippen molar-refractivity contribution in [2.45, 2.75) is 52.5 Å². The molecule has 0 aliphatic carbocycles. The Morgan fingerprint density at radius 2 is 2.10 bits per heavy atom. The quantitative estimate of drug-likeness (QED) is 0.813. The lowest BCUT2D eigenvalue weighted by Crippen LogP contribution is -2.31. The zero-order valence-electron chi connectivity index (χ0n) is 12.8. The van der Waals surface area contributed by atoms with Gasteiger partial charge in [0.05, 0.1) is 6.61 Å². The highest BCUT2D eigenvalue weighted by Gasteiger charge is 2.20. The molecule has 0 saturated carbocycles. The van der Waals surface area contributed by atoms with E-state index in [0.29, 0.717) is 6.04 Å². The van der Waals surface area contributed by atoms with Crippen molar-refractivity contribution in [3.05, 3.63) is 28.3 Å². The van der Waals surface area contributed by atoms with Crippen LogP contribution in [0.4, 0.5) is 0 Å². The number of nitrogens with one attached hydrogen (secondary N) is 1. The lowest BCUT2D eigenvalue weighted by molar-refractivity contribution is 0.350. The molecule has 0 saturated heterocycles. The number of benzene rings is 1. The van der Waals surface area contributed by atoms with E-state index in [1.54, 1.807) is 0 Å². The first-order valence-electron chi connectivity index (χ1n) is 7.77. The molecule has 1 aliphatic heterocycles. The van der Waals surface area contributed by atoms with E-state index in [2.05, 4.69) is 32.2 Å². The number of halogens is 1. The van der Waals surface area contributed by atoms with Crippen molar-refractivity contribution in [2.24, 2.45) is 5.92 Å². The second kappa shape index (κ2) is 7.33. The van der Waals surface area contributed by atoms with Gasteiger partial charge in [-0.3, -0.25) is 0 Å². The minimum absolute atomic E-state index is 0.508. The fraction of sp³-hybridized carbons (Fsp3) is 0.647. The zero-order chi connectivity index (χ0) is 14.5. The van der Waals surface area contributed by atoms with E-state index in [1.807, 2.05) is 6.07 Å². The standard InChI is InChI=1S/C17H26ClNO/c1-4-19-16(6-5-12(2)3)11-14-10-15(18)9-13-7-8-20-17(13)14/h9-10,12,16,19H,4-8,11H2,1-3H3. The number of hydrogen-bond acceptors (Lipinski definition) is 2. The lowest BCUT2D eigenvalue weighted by Gasteiger charge is -2.20. The topological polar surface area (TPSA) is 21.3 Å². The highest BCUT2D eigenvalue weighted by Crippen LogP contribution is 2.34. The third-order valence-corrected chi connectivity index (χ3v) is 4.10. The Bertz CT molecular complexity index is 445. The van der Waals surface area contributed by atoms with Crippen LogP contribution in [0.15, 0.2) is 12.1 Å². The first-order chi connectivity index (χ1) is 9.60. The predicted octanol–water partition coefficient (Wildman–Crippen LogP) is 4.23. The van der Waals surface area contributed by atoms with Gasteiger partial charge in [0.25, 0.3) is 0 Å². The molecule has 20 heavy (non-hydrogen) atoms. The van der Waals surface area contributed by atoms with E-state index in [-0.39, 0.29) is 0 Å². The minimum Gasteiger partial charge on any atom is -0.493 e. The molecule has 2 nitrogen and oxygen atoms in total. The summed E-state index contributed by atoms with van der Waals surface area (Å²) in [6.07, 6.45) is 4.44. The molecule has 3 heteroatoms. The summed E-state index contributed by atoms with van der Waals surface area (Å²) < 4.78 is 5.80. The van der Waals surface area contributed by atoms with E-state index in [9.17, 15) is 0 Å². The Morgan fingerprint density at radius 3 is 2.80 bits per heavy atom. The summed E-state index contributed by atoms with van der Waals surface area (Å²) in [6.45, 7) is 8.53. The third-order valence-electron chi connectivity index (χ3n) is 3.88. The van der Waals surface area contributed by atoms with Gasteiger partial charge in [-0.1, -0.05) is 32.4 Å². The average molecular weight is 296 g/mol. The van der Waals surface area contributed by atoms with Crippen molar-refractivity contribution in [2.75, 3.05) is 13.2 Å². The van der Waals surface area contributed by atoms with E-state index in [0.717, 1.165) is 42.7 Å². The fourth-order valence-electron chi connectivity index (χ4n) is 2.86. The molecule has 1 aromatic rings. The molecule has 1 aromatic carbocycles. The zero-order valence-corrected chi connectivity index (χ0v) is 13.6. The average Bonchev–Trinajstić information content (AvgIpc) is 2.84. The van der Waals surface area contributed by atoms with Crippen molar-refractivity contribution in [3.63, 3.8) is 0 Å². The van der Waals surface area contributed by atoms with Crippen LogP contribution < -0.4 is 10.1 Å². The van der Waals surface area contributed by atoms with Crippen molar-refractivity contribution in [3.8, 4) is 5.75 Å². The monoisotopic (exact) mass is 295 g/mol. The molecular weight excluding hydrogens is 270 g/mol. The molecule has 0 spiro atoms. The molecule has 1 N–H and O–H groups in total. The minimum atomic E-state index is 0.508. The normalized spacial score (nSPS) is 15.2. The maximum absolute atomic E-state index is 6.24. The van der Waals surface area contributed by atoms with Gasteiger partial charge >= 0.3 is 0 Å². The summed E-state index contributed by atoms with van der Waals surface area (Å²) in [5.41, 5.74) is 2.53. The van der Waals surface area contributed by atoms with E-state index in [1.165, 1.54) is 24.0 Å². The smallest absolute Gasteiger partial charge is 0.125 e. The maximum atomic E-state index is 6.24. The van der Waals surface area contributed by atoms with Crippen molar-refractivity contribution in [1.29, 1.82) is 0 Å². The van der Waals surface area contributed by atoms with Gasteiger partial charge < -0.3 is 10.1 Å². The largest absolute Gasteiger partial charge is 0.493 e. The van der Waals surface area contributed by atoms with Crippen LogP contribution in [0.2, 0.25) is 5.02 Å². The van der Waals surface area contributed by atoms with E-state index in [4.69, 9.17) is 16.3 Å². The van der Waals surface area contributed by atoms with Crippen LogP contribution in [0.5, 0.6) is 5.75 Å². The fourth-order valence-corrected chi connectivity index (χ4v) is 3.13. The van der Waals surface area contributed by atoms with Crippen LogP contribution in [0.1, 0.15) is 44.7 Å². The number of rotatable bonds is 7. The lowest BCUT2D eigenvalue weighted by atomic mass is 9.96. The van der Waals surface area contributed by atoms with Crippen molar-refractivity contribution >= 4 is 11.6 Å². The number of fused-ring (bicyclic) bond motifs is 1. The molecule has 0 fully saturated rings. The maximum Gasteiger partial charge on any atom is 0.125 e. The van der Waals surface area contributed by atoms with Crippen LogP contribution in [-0.4, -0.2) is 19.2 Å². The van der Waals surface area contributed by atoms with Gasteiger partial charge in [0, 0.05) is 17.5 Å². The van der Waals surface area contributed by atoms with Gasteiger partial charge in [0.2, 0.25) is 0 Å². The second-order valence-electron chi connectivity index (χ2n) is 6.08. The van der Waals surface area contributed by atoms with Gasteiger partial charge in [-0.15, -0.1) is 0 Å². The van der Waals surface area contributed by atoms with Gasteiger partial charge in [0.15, 0.2) is 0 Å². The highest BCUT2D eigenvalue weighted by molar-refractivity contribution is 6.30. The predicted molar refractivity (Wildman–Crippen MR) is 85.9 cm³/mol. The van der Waals surface area contributed by atoms with Crippen LogP contribution >= 0.6 is 11.6 Å². The second-order valence-corrected chi connectivity index (χ2v) is 6.52. The molecule has 2 rings (SSSR count). The highest BCUT2D eigenvalue weighted by atomic mass is 35.5. The van der Waals surface area contributed by atoms with Crippen LogP contribution in [0, 0.1) is 5.92 Å². The molecular formula is C17H26ClNO. The summed E-state index contributed by atoms with van der Waals surface area (Å²) in [6, 6.07) is 4.63. The molecule has 1 atom stereocenters. The molecule has 0 bridgehead atoms.